The fourth-order valence-corrected chi connectivity index (χ4v) is 2.27. The van der Waals surface area contributed by atoms with Crippen LogP contribution < -0.4 is 15.4 Å². The molecule has 0 saturated carbocycles. The second kappa shape index (κ2) is 11.5. The second-order valence-electron chi connectivity index (χ2n) is 6.57. The summed E-state index contributed by atoms with van der Waals surface area (Å²) in [6.45, 7) is 8.05. The zero-order chi connectivity index (χ0) is 17.3. The number of rotatable bonds is 7. The van der Waals surface area contributed by atoms with E-state index in [2.05, 4.69) is 48.5 Å². The Balaban J connectivity index is 0.00000529. The van der Waals surface area contributed by atoms with Crippen LogP contribution in [0.4, 0.5) is 0 Å². The van der Waals surface area contributed by atoms with E-state index in [0.717, 1.165) is 31.2 Å². The smallest absolute Gasteiger partial charge is 0.191 e. The van der Waals surface area contributed by atoms with Gasteiger partial charge in [-0.25, -0.2) is 0 Å². The van der Waals surface area contributed by atoms with Gasteiger partial charge in [-0.2, -0.15) is 0 Å². The fraction of sp³-hybridized carbons (Fsp3) is 0.611. The first-order chi connectivity index (χ1) is 10.9. The molecular weight excluding hydrogens is 417 g/mol. The van der Waals surface area contributed by atoms with Gasteiger partial charge in [0.15, 0.2) is 5.96 Å². The fourth-order valence-electron chi connectivity index (χ4n) is 2.27. The van der Waals surface area contributed by atoms with Crippen molar-refractivity contribution in [2.75, 3.05) is 34.4 Å². The van der Waals surface area contributed by atoms with E-state index in [-0.39, 0.29) is 35.5 Å². The van der Waals surface area contributed by atoms with Gasteiger partial charge < -0.3 is 20.1 Å². The molecule has 5 nitrogen and oxygen atoms in total. The monoisotopic (exact) mass is 449 g/mol. The minimum Gasteiger partial charge on any atom is -0.497 e. The maximum atomic E-state index is 5.55. The third-order valence-electron chi connectivity index (χ3n) is 3.79. The van der Waals surface area contributed by atoms with Crippen LogP contribution in [0.3, 0.4) is 0 Å². The van der Waals surface area contributed by atoms with Gasteiger partial charge in [0.05, 0.1) is 13.2 Å². The quantitative estimate of drug-likeness (QED) is 0.382. The highest BCUT2D eigenvalue weighted by Crippen LogP contribution is 2.20. The van der Waals surface area contributed by atoms with Gasteiger partial charge in [0.1, 0.15) is 5.75 Å². The standard InChI is InChI=1S/C18H31N3O2.HI/c1-18(2,3)16(23-6)13-21-17(19-4)20-12-11-14-7-9-15(22-5)10-8-14;/h7-10,16H,11-13H2,1-6H3,(H2,19,20,21);1H. The molecule has 0 heterocycles. The van der Waals surface area contributed by atoms with Crippen molar-refractivity contribution in [2.24, 2.45) is 10.4 Å². The van der Waals surface area contributed by atoms with Crippen LogP contribution in [0.15, 0.2) is 29.3 Å². The number of nitrogens with one attached hydrogen (secondary N) is 2. The summed E-state index contributed by atoms with van der Waals surface area (Å²) in [5.74, 6) is 1.68. The number of methoxy groups -OCH3 is 2. The zero-order valence-electron chi connectivity index (χ0n) is 15.7. The van der Waals surface area contributed by atoms with Crippen molar-refractivity contribution in [1.82, 2.24) is 10.6 Å². The molecular formula is C18H32IN3O2. The SMILES string of the molecule is CN=C(NCCc1ccc(OC)cc1)NCC(OC)C(C)(C)C.I. The van der Waals surface area contributed by atoms with Crippen molar-refractivity contribution in [1.29, 1.82) is 0 Å². The molecule has 1 rings (SSSR count). The van der Waals surface area contributed by atoms with E-state index in [1.54, 1.807) is 21.3 Å². The van der Waals surface area contributed by atoms with Gasteiger partial charge in [0.2, 0.25) is 0 Å². The van der Waals surface area contributed by atoms with Crippen LogP contribution in [0.2, 0.25) is 0 Å². The maximum absolute atomic E-state index is 5.55. The van der Waals surface area contributed by atoms with Crippen molar-refractivity contribution in [2.45, 2.75) is 33.3 Å². The molecule has 1 aromatic rings. The van der Waals surface area contributed by atoms with Crippen molar-refractivity contribution >= 4 is 29.9 Å². The van der Waals surface area contributed by atoms with Crippen LogP contribution in [0.5, 0.6) is 5.75 Å². The van der Waals surface area contributed by atoms with Crippen LogP contribution in [0.25, 0.3) is 0 Å². The van der Waals surface area contributed by atoms with Gasteiger partial charge in [-0.1, -0.05) is 32.9 Å². The van der Waals surface area contributed by atoms with E-state index < -0.39 is 0 Å². The van der Waals surface area contributed by atoms with Crippen LogP contribution in [-0.2, 0) is 11.2 Å². The molecule has 2 N–H and O–H groups in total. The summed E-state index contributed by atoms with van der Waals surface area (Å²) < 4.78 is 10.7. The Morgan fingerprint density at radius 3 is 2.21 bits per heavy atom. The highest BCUT2D eigenvalue weighted by Gasteiger charge is 2.24. The average Bonchev–Trinajstić information content (AvgIpc) is 2.53. The lowest BCUT2D eigenvalue weighted by Crippen LogP contribution is -2.45. The van der Waals surface area contributed by atoms with Crippen LogP contribution in [0, 0.1) is 5.41 Å². The predicted molar refractivity (Wildman–Crippen MR) is 112 cm³/mol. The van der Waals surface area contributed by atoms with Gasteiger partial charge in [0.25, 0.3) is 0 Å². The first-order valence-electron chi connectivity index (χ1n) is 8.01. The van der Waals surface area contributed by atoms with E-state index >= 15 is 0 Å². The van der Waals surface area contributed by atoms with E-state index in [9.17, 15) is 0 Å². The summed E-state index contributed by atoms with van der Waals surface area (Å²) in [5.41, 5.74) is 1.35. The highest BCUT2D eigenvalue weighted by atomic mass is 127. The normalized spacial score (nSPS) is 13.0. The molecule has 1 atom stereocenters. The van der Waals surface area contributed by atoms with Gasteiger partial charge >= 0.3 is 0 Å². The van der Waals surface area contributed by atoms with Crippen LogP contribution >= 0.6 is 24.0 Å². The molecule has 0 aromatic heterocycles. The van der Waals surface area contributed by atoms with Gasteiger partial charge in [0, 0.05) is 27.2 Å². The number of hydrogen-bond acceptors (Lipinski definition) is 3. The summed E-state index contributed by atoms with van der Waals surface area (Å²) in [6, 6.07) is 8.12. The molecule has 0 fully saturated rings. The van der Waals surface area contributed by atoms with Gasteiger partial charge in [-0.3, -0.25) is 4.99 Å². The molecule has 0 saturated heterocycles. The average molecular weight is 449 g/mol. The van der Waals surface area contributed by atoms with E-state index in [0.29, 0.717) is 0 Å². The van der Waals surface area contributed by atoms with Crippen molar-refractivity contribution < 1.29 is 9.47 Å². The Hall–Kier alpha value is -1.02. The molecule has 0 bridgehead atoms. The predicted octanol–water partition coefficient (Wildman–Crippen LogP) is 3.08. The van der Waals surface area contributed by atoms with Crippen LogP contribution in [-0.4, -0.2) is 46.4 Å². The van der Waals surface area contributed by atoms with E-state index in [1.165, 1.54) is 5.56 Å². The minimum atomic E-state index is 0. The van der Waals surface area contributed by atoms with E-state index in [1.807, 2.05) is 12.1 Å². The summed E-state index contributed by atoms with van der Waals surface area (Å²) in [5, 5.41) is 6.65. The Morgan fingerprint density at radius 2 is 1.75 bits per heavy atom. The maximum Gasteiger partial charge on any atom is 0.191 e. The number of hydrogen-bond donors (Lipinski definition) is 2. The summed E-state index contributed by atoms with van der Waals surface area (Å²) in [4.78, 5) is 4.25. The van der Waals surface area contributed by atoms with Crippen LogP contribution in [0.1, 0.15) is 26.3 Å². The largest absolute Gasteiger partial charge is 0.497 e. The lowest BCUT2D eigenvalue weighted by atomic mass is 9.89. The topological polar surface area (TPSA) is 54.9 Å². The Bertz CT molecular complexity index is 484. The summed E-state index contributed by atoms with van der Waals surface area (Å²) in [6.07, 6.45) is 1.06. The lowest BCUT2D eigenvalue weighted by Gasteiger charge is -2.30. The molecule has 0 aliphatic rings. The molecule has 0 amide bonds. The molecule has 24 heavy (non-hydrogen) atoms. The Morgan fingerprint density at radius 1 is 1.12 bits per heavy atom. The summed E-state index contributed by atoms with van der Waals surface area (Å²) in [7, 11) is 5.20. The summed E-state index contributed by atoms with van der Waals surface area (Å²) >= 11 is 0. The minimum absolute atomic E-state index is 0. The first-order valence-corrected chi connectivity index (χ1v) is 8.01. The third-order valence-corrected chi connectivity index (χ3v) is 3.79. The molecule has 0 radical (unpaired) electrons. The highest BCUT2D eigenvalue weighted by molar-refractivity contribution is 14.0. The number of halogens is 1. The third kappa shape index (κ3) is 8.19. The number of ether oxygens (including phenoxy) is 2. The zero-order valence-corrected chi connectivity index (χ0v) is 18.0. The number of nitrogens with zero attached hydrogens (tertiary/aromatic N) is 1. The molecule has 0 spiro atoms. The Labute approximate surface area is 163 Å². The number of guanidine groups is 1. The van der Waals surface area contributed by atoms with Crippen molar-refractivity contribution in [3.63, 3.8) is 0 Å². The van der Waals surface area contributed by atoms with Crippen molar-refractivity contribution in [3.8, 4) is 5.75 Å². The molecule has 6 heteroatoms. The Kier molecular flexibility index (Phi) is 11.0. The van der Waals surface area contributed by atoms with Gasteiger partial charge in [-0.05, 0) is 29.5 Å². The number of aliphatic imine (C=N–C) groups is 1. The number of benzene rings is 1. The second-order valence-corrected chi connectivity index (χ2v) is 6.57. The van der Waals surface area contributed by atoms with Gasteiger partial charge in [-0.15, -0.1) is 24.0 Å². The molecule has 0 aliphatic carbocycles. The molecule has 1 unspecified atom stereocenters. The molecule has 1 aromatic carbocycles. The first kappa shape index (κ1) is 23.0. The lowest BCUT2D eigenvalue weighted by molar-refractivity contribution is 0.0205. The van der Waals surface area contributed by atoms with Crippen molar-refractivity contribution in [3.05, 3.63) is 29.8 Å². The van der Waals surface area contributed by atoms with E-state index in [4.69, 9.17) is 9.47 Å². The molecule has 0 aliphatic heterocycles. The molecule has 138 valence electrons.